The molecule has 0 fully saturated rings. The smallest absolute Gasteiger partial charge is 0.123 e. The van der Waals surface area contributed by atoms with Gasteiger partial charge in [0, 0.05) is 16.3 Å². The van der Waals surface area contributed by atoms with Gasteiger partial charge in [0.05, 0.1) is 0 Å². The third kappa shape index (κ3) is 3.17. The van der Waals surface area contributed by atoms with Crippen molar-refractivity contribution in [3.05, 3.63) is 60.2 Å². The second-order valence-corrected chi connectivity index (χ2v) is 4.57. The molecule has 0 aliphatic rings. The highest BCUT2D eigenvalue weighted by Crippen LogP contribution is 2.30. The van der Waals surface area contributed by atoms with Crippen LogP contribution in [-0.2, 0) is 0 Å². The van der Waals surface area contributed by atoms with Crippen molar-refractivity contribution in [2.45, 2.75) is 6.92 Å². The number of fused-ring (bicyclic) bond motifs is 1. The van der Waals surface area contributed by atoms with Gasteiger partial charge in [-0.15, -0.1) is 0 Å². The van der Waals surface area contributed by atoms with Crippen molar-refractivity contribution >= 4 is 10.8 Å². The molecular formula is C17H16O4. The normalized spacial score (nSPS) is 9.95. The fourth-order valence-electron chi connectivity index (χ4n) is 1.89. The summed E-state index contributed by atoms with van der Waals surface area (Å²) < 4.78 is 0. The maximum atomic E-state index is 9.38. The molecule has 0 aliphatic carbocycles. The quantitative estimate of drug-likeness (QED) is 0.508. The van der Waals surface area contributed by atoms with Crippen LogP contribution in [0.4, 0.5) is 0 Å². The van der Waals surface area contributed by atoms with Gasteiger partial charge in [0.2, 0.25) is 0 Å². The van der Waals surface area contributed by atoms with Crippen LogP contribution in [0.25, 0.3) is 10.8 Å². The van der Waals surface area contributed by atoms with Crippen LogP contribution in [0, 0.1) is 6.92 Å². The van der Waals surface area contributed by atoms with E-state index in [1.807, 2.05) is 0 Å². The molecule has 4 N–H and O–H groups in total. The predicted octanol–water partition coefficient (Wildman–Crippen LogP) is 3.66. The zero-order valence-corrected chi connectivity index (χ0v) is 11.5. The van der Waals surface area contributed by atoms with Crippen LogP contribution in [0.1, 0.15) is 5.56 Å². The van der Waals surface area contributed by atoms with Gasteiger partial charge >= 0.3 is 0 Å². The summed E-state index contributed by atoms with van der Waals surface area (Å²) in [6.07, 6.45) is 0. The lowest BCUT2D eigenvalue weighted by Crippen LogP contribution is -1.73. The molecule has 0 bridgehead atoms. The first-order valence-electron chi connectivity index (χ1n) is 6.38. The van der Waals surface area contributed by atoms with Crippen molar-refractivity contribution in [1.29, 1.82) is 0 Å². The van der Waals surface area contributed by atoms with Gasteiger partial charge in [0.1, 0.15) is 23.0 Å². The molecule has 108 valence electrons. The maximum Gasteiger partial charge on any atom is 0.123 e. The summed E-state index contributed by atoms with van der Waals surface area (Å²) in [6.45, 7) is 1.66. The minimum Gasteiger partial charge on any atom is -0.508 e. The van der Waals surface area contributed by atoms with E-state index in [1.54, 1.807) is 49.4 Å². The Bertz CT molecular complexity index is 704. The Kier molecular flexibility index (Phi) is 4.18. The molecule has 3 aromatic carbocycles. The second-order valence-electron chi connectivity index (χ2n) is 4.57. The van der Waals surface area contributed by atoms with Crippen LogP contribution in [-0.4, -0.2) is 20.4 Å². The summed E-state index contributed by atoms with van der Waals surface area (Å²) in [5.41, 5.74) is 0.525. The number of aromatic hydroxyl groups is 4. The second kappa shape index (κ2) is 6.05. The maximum absolute atomic E-state index is 9.38. The standard InChI is InChI=1S/C10H8O2.C7H8O2/c11-9-5-1-3-7-8(9)4-2-6-10(7)12;1-5-6(8)3-2-4-7(5)9/h1-6,11-12H;2-4,8-9H,1H3. The predicted molar refractivity (Wildman–Crippen MR) is 81.8 cm³/mol. The number of phenols is 4. The average molecular weight is 284 g/mol. The van der Waals surface area contributed by atoms with Crippen molar-refractivity contribution in [3.8, 4) is 23.0 Å². The molecule has 0 unspecified atom stereocenters. The number of benzene rings is 3. The van der Waals surface area contributed by atoms with Gasteiger partial charge in [-0.25, -0.2) is 0 Å². The highest BCUT2D eigenvalue weighted by molar-refractivity contribution is 5.92. The molecule has 0 atom stereocenters. The Labute approximate surface area is 122 Å². The molecule has 0 saturated carbocycles. The molecular weight excluding hydrogens is 268 g/mol. The Morgan fingerprint density at radius 3 is 1.24 bits per heavy atom. The van der Waals surface area contributed by atoms with E-state index in [2.05, 4.69) is 0 Å². The van der Waals surface area contributed by atoms with Gasteiger partial charge in [0.25, 0.3) is 0 Å². The van der Waals surface area contributed by atoms with E-state index in [4.69, 9.17) is 10.2 Å². The molecule has 0 spiro atoms. The molecule has 4 nitrogen and oxygen atoms in total. The van der Waals surface area contributed by atoms with Crippen molar-refractivity contribution in [2.75, 3.05) is 0 Å². The molecule has 4 heteroatoms. The molecule has 21 heavy (non-hydrogen) atoms. The Balaban J connectivity index is 0.000000161. The van der Waals surface area contributed by atoms with E-state index in [0.29, 0.717) is 16.3 Å². The van der Waals surface area contributed by atoms with Crippen LogP contribution in [0.2, 0.25) is 0 Å². The molecule has 3 aromatic rings. The molecule has 0 aromatic heterocycles. The van der Waals surface area contributed by atoms with Crippen molar-refractivity contribution in [3.63, 3.8) is 0 Å². The van der Waals surface area contributed by atoms with Crippen LogP contribution in [0.3, 0.4) is 0 Å². The van der Waals surface area contributed by atoms with E-state index >= 15 is 0 Å². The van der Waals surface area contributed by atoms with Crippen LogP contribution >= 0.6 is 0 Å². The number of hydrogen-bond donors (Lipinski definition) is 4. The first-order valence-corrected chi connectivity index (χ1v) is 6.38. The Morgan fingerprint density at radius 2 is 0.857 bits per heavy atom. The van der Waals surface area contributed by atoms with Crippen LogP contribution in [0.5, 0.6) is 23.0 Å². The number of hydrogen-bond acceptors (Lipinski definition) is 4. The van der Waals surface area contributed by atoms with Gasteiger partial charge in [-0.2, -0.15) is 0 Å². The zero-order valence-electron chi connectivity index (χ0n) is 11.5. The topological polar surface area (TPSA) is 80.9 Å². The minimum atomic E-state index is 0.134. The van der Waals surface area contributed by atoms with E-state index in [0.717, 1.165) is 0 Å². The van der Waals surface area contributed by atoms with Crippen molar-refractivity contribution in [1.82, 2.24) is 0 Å². The summed E-state index contributed by atoms with van der Waals surface area (Å²) in [4.78, 5) is 0. The Hall–Kier alpha value is -2.88. The van der Waals surface area contributed by atoms with Gasteiger partial charge in [-0.3, -0.25) is 0 Å². The zero-order chi connectivity index (χ0) is 15.4. The van der Waals surface area contributed by atoms with Gasteiger partial charge in [-0.1, -0.05) is 30.3 Å². The van der Waals surface area contributed by atoms with Gasteiger partial charge < -0.3 is 20.4 Å². The van der Waals surface area contributed by atoms with Crippen molar-refractivity contribution in [2.24, 2.45) is 0 Å². The van der Waals surface area contributed by atoms with Crippen LogP contribution < -0.4 is 0 Å². The third-order valence-electron chi connectivity index (χ3n) is 3.15. The minimum absolute atomic E-state index is 0.134. The SMILES string of the molecule is Cc1c(O)cccc1O.Oc1cccc2c(O)cccc12. The third-order valence-corrected chi connectivity index (χ3v) is 3.15. The first-order chi connectivity index (χ1) is 10.0. The van der Waals surface area contributed by atoms with Crippen LogP contribution in [0.15, 0.2) is 54.6 Å². The summed E-state index contributed by atoms with van der Waals surface area (Å²) in [5.74, 6) is 0.664. The van der Waals surface area contributed by atoms with E-state index < -0.39 is 0 Å². The fourth-order valence-corrected chi connectivity index (χ4v) is 1.89. The highest BCUT2D eigenvalue weighted by atomic mass is 16.3. The summed E-state index contributed by atoms with van der Waals surface area (Å²) in [6, 6.07) is 14.8. The summed E-state index contributed by atoms with van der Waals surface area (Å²) >= 11 is 0. The number of phenolic OH excluding ortho intramolecular Hbond substituents is 4. The van der Waals surface area contributed by atoms with Gasteiger partial charge in [0.15, 0.2) is 0 Å². The largest absolute Gasteiger partial charge is 0.508 e. The Morgan fingerprint density at radius 1 is 0.524 bits per heavy atom. The fraction of sp³-hybridized carbons (Fsp3) is 0.0588. The molecule has 0 radical (unpaired) electrons. The molecule has 0 heterocycles. The molecule has 0 aliphatic heterocycles. The molecule has 0 saturated heterocycles. The lowest BCUT2D eigenvalue weighted by Gasteiger charge is -2.01. The monoisotopic (exact) mass is 284 g/mol. The van der Waals surface area contributed by atoms with Crippen molar-refractivity contribution < 1.29 is 20.4 Å². The molecule has 3 rings (SSSR count). The lowest BCUT2D eigenvalue weighted by atomic mass is 10.1. The van der Waals surface area contributed by atoms with E-state index in [1.165, 1.54) is 12.1 Å². The molecule has 0 amide bonds. The van der Waals surface area contributed by atoms with Gasteiger partial charge in [-0.05, 0) is 31.2 Å². The van der Waals surface area contributed by atoms with E-state index in [-0.39, 0.29) is 23.0 Å². The lowest BCUT2D eigenvalue weighted by molar-refractivity contribution is 0.443. The summed E-state index contributed by atoms with van der Waals surface area (Å²) in [7, 11) is 0. The first kappa shape index (κ1) is 14.5. The van der Waals surface area contributed by atoms with E-state index in [9.17, 15) is 10.2 Å². The highest BCUT2D eigenvalue weighted by Gasteiger charge is 2.01. The average Bonchev–Trinajstić information content (AvgIpc) is 2.47. The number of rotatable bonds is 0. The summed E-state index contributed by atoms with van der Waals surface area (Å²) in [5, 5.41) is 38.0.